The topological polar surface area (TPSA) is 71.3 Å². The average Bonchev–Trinajstić information content (AvgIpc) is 2.60. The minimum Gasteiger partial charge on any atom is -0.508 e. The predicted octanol–water partition coefficient (Wildman–Crippen LogP) is 2.02. The molecular weight excluding hydrogens is 264 g/mol. The normalized spacial score (nSPS) is 10.5. The lowest BCUT2D eigenvalue weighted by atomic mass is 10.2. The van der Waals surface area contributed by atoms with Crippen LogP contribution in [0.2, 0.25) is 0 Å². The van der Waals surface area contributed by atoms with E-state index < -0.39 is 0 Å². The zero-order valence-electron chi connectivity index (χ0n) is 10.9. The molecule has 0 unspecified atom stereocenters. The number of carbonyl (C=O) groups is 1. The van der Waals surface area contributed by atoms with Gasteiger partial charge < -0.3 is 15.0 Å². The smallest absolute Gasteiger partial charge is 0.307 e. The van der Waals surface area contributed by atoms with Crippen molar-refractivity contribution in [2.45, 2.75) is 13.8 Å². The van der Waals surface area contributed by atoms with Gasteiger partial charge in [0.15, 0.2) is 0 Å². The minimum absolute atomic E-state index is 0.149. The number of aromatic nitrogens is 1. The molecule has 0 aliphatic heterocycles. The number of anilines is 1. The lowest BCUT2D eigenvalue weighted by molar-refractivity contribution is 0.102. The molecular formula is C13H14N2O3S. The fourth-order valence-corrected chi connectivity index (χ4v) is 2.57. The molecule has 0 saturated carbocycles. The maximum absolute atomic E-state index is 12.1. The molecule has 0 atom stereocenters. The molecule has 100 valence electrons. The lowest BCUT2D eigenvalue weighted by Gasteiger charge is -2.08. The summed E-state index contributed by atoms with van der Waals surface area (Å²) in [7, 11) is 1.64. The van der Waals surface area contributed by atoms with Crippen molar-refractivity contribution in [3.63, 3.8) is 0 Å². The summed E-state index contributed by atoms with van der Waals surface area (Å²) in [4.78, 5) is 23.9. The van der Waals surface area contributed by atoms with Crippen LogP contribution < -0.4 is 10.2 Å². The van der Waals surface area contributed by atoms with Gasteiger partial charge in [0.2, 0.25) is 0 Å². The molecule has 6 heteroatoms. The first-order valence-corrected chi connectivity index (χ1v) is 6.49. The first-order valence-electron chi connectivity index (χ1n) is 5.67. The number of nitrogens with one attached hydrogen (secondary N) is 1. The van der Waals surface area contributed by atoms with Gasteiger partial charge in [-0.1, -0.05) is 11.3 Å². The van der Waals surface area contributed by atoms with Crippen molar-refractivity contribution >= 4 is 22.9 Å². The molecule has 19 heavy (non-hydrogen) atoms. The Kier molecular flexibility index (Phi) is 3.44. The van der Waals surface area contributed by atoms with E-state index in [0.29, 0.717) is 16.3 Å². The van der Waals surface area contributed by atoms with Gasteiger partial charge in [0.1, 0.15) is 10.6 Å². The van der Waals surface area contributed by atoms with Crippen LogP contribution in [0, 0.1) is 13.8 Å². The number of aromatic hydroxyl groups is 1. The number of hydrogen-bond donors (Lipinski definition) is 2. The third kappa shape index (κ3) is 2.53. The zero-order valence-corrected chi connectivity index (χ0v) is 11.7. The third-order valence-electron chi connectivity index (χ3n) is 2.96. The van der Waals surface area contributed by atoms with E-state index >= 15 is 0 Å². The van der Waals surface area contributed by atoms with E-state index in [4.69, 9.17) is 0 Å². The van der Waals surface area contributed by atoms with E-state index in [2.05, 4.69) is 5.32 Å². The molecule has 0 radical (unpaired) electrons. The van der Waals surface area contributed by atoms with Gasteiger partial charge >= 0.3 is 4.87 Å². The van der Waals surface area contributed by atoms with E-state index in [1.807, 2.05) is 0 Å². The summed E-state index contributed by atoms with van der Waals surface area (Å²) < 4.78 is 1.45. The Morgan fingerprint density at radius 2 is 2.05 bits per heavy atom. The van der Waals surface area contributed by atoms with Crippen molar-refractivity contribution in [2.75, 3.05) is 5.32 Å². The molecule has 0 aliphatic rings. The number of benzene rings is 1. The van der Waals surface area contributed by atoms with Gasteiger partial charge in [-0.15, -0.1) is 0 Å². The van der Waals surface area contributed by atoms with E-state index in [0.717, 1.165) is 16.9 Å². The van der Waals surface area contributed by atoms with E-state index in [9.17, 15) is 14.7 Å². The standard InChI is InChI=1S/C13H14N2O3S/c1-7-6-9(16)4-5-10(7)14-12(17)11-8(2)15(3)13(18)19-11/h4-6,16H,1-3H3,(H,14,17). The molecule has 0 aliphatic carbocycles. The van der Waals surface area contributed by atoms with Crippen LogP contribution in [0.4, 0.5) is 5.69 Å². The highest BCUT2D eigenvalue weighted by Gasteiger charge is 2.16. The number of rotatable bonds is 2. The maximum atomic E-state index is 12.1. The molecule has 1 aromatic carbocycles. The molecule has 2 aromatic rings. The summed E-state index contributed by atoms with van der Waals surface area (Å²) in [5.74, 6) is -0.162. The number of thiazole rings is 1. The second kappa shape index (κ2) is 4.89. The van der Waals surface area contributed by atoms with Gasteiger partial charge in [-0.2, -0.15) is 0 Å². The molecule has 1 amide bonds. The van der Waals surface area contributed by atoms with Crippen LogP contribution in [0.3, 0.4) is 0 Å². The highest BCUT2D eigenvalue weighted by molar-refractivity contribution is 7.11. The fraction of sp³-hybridized carbons (Fsp3) is 0.231. The number of carbonyl (C=O) groups excluding carboxylic acids is 1. The Bertz CT molecular complexity index is 700. The summed E-state index contributed by atoms with van der Waals surface area (Å²) >= 11 is 0.923. The molecule has 0 spiro atoms. The van der Waals surface area contributed by atoms with Crippen molar-refractivity contribution in [1.29, 1.82) is 0 Å². The SMILES string of the molecule is Cc1cc(O)ccc1NC(=O)c1sc(=O)n(C)c1C. The summed E-state index contributed by atoms with van der Waals surface area (Å²) in [6.45, 7) is 3.52. The predicted molar refractivity (Wildman–Crippen MR) is 75.1 cm³/mol. The van der Waals surface area contributed by atoms with Crippen LogP contribution in [0.1, 0.15) is 20.9 Å². The second-order valence-electron chi connectivity index (χ2n) is 4.29. The lowest BCUT2D eigenvalue weighted by Crippen LogP contribution is -2.13. The van der Waals surface area contributed by atoms with Crippen LogP contribution in [-0.2, 0) is 7.05 Å². The molecule has 5 nitrogen and oxygen atoms in total. The van der Waals surface area contributed by atoms with Crippen LogP contribution >= 0.6 is 11.3 Å². The average molecular weight is 278 g/mol. The van der Waals surface area contributed by atoms with Crippen molar-refractivity contribution in [2.24, 2.45) is 7.05 Å². The second-order valence-corrected chi connectivity index (χ2v) is 5.26. The molecule has 0 bridgehead atoms. The van der Waals surface area contributed by atoms with Gasteiger partial charge in [0.25, 0.3) is 5.91 Å². The zero-order chi connectivity index (χ0) is 14.2. The summed E-state index contributed by atoms with van der Waals surface area (Å²) in [5, 5.41) is 12.1. The Morgan fingerprint density at radius 3 is 2.58 bits per heavy atom. The highest BCUT2D eigenvalue weighted by atomic mass is 32.1. The monoisotopic (exact) mass is 278 g/mol. The number of phenolic OH excluding ortho intramolecular Hbond substituents is 1. The first-order chi connectivity index (χ1) is 8.90. The van der Waals surface area contributed by atoms with Gasteiger partial charge in [-0.3, -0.25) is 9.59 Å². The Morgan fingerprint density at radius 1 is 1.37 bits per heavy atom. The van der Waals surface area contributed by atoms with Gasteiger partial charge in [0, 0.05) is 18.4 Å². The number of nitrogens with zero attached hydrogens (tertiary/aromatic N) is 1. The third-order valence-corrected chi connectivity index (χ3v) is 4.09. The van der Waals surface area contributed by atoms with Gasteiger partial charge in [0.05, 0.1) is 0 Å². The Labute approximate surface area is 114 Å². The van der Waals surface area contributed by atoms with Crippen LogP contribution in [0.25, 0.3) is 0 Å². The van der Waals surface area contributed by atoms with Crippen molar-refractivity contribution < 1.29 is 9.90 Å². The van der Waals surface area contributed by atoms with Crippen molar-refractivity contribution in [3.05, 3.63) is 44.0 Å². The van der Waals surface area contributed by atoms with Crippen molar-refractivity contribution in [3.8, 4) is 5.75 Å². The maximum Gasteiger partial charge on any atom is 0.307 e. The first kappa shape index (κ1) is 13.4. The number of aryl methyl sites for hydroxylation is 1. The van der Waals surface area contributed by atoms with Gasteiger partial charge in [-0.05, 0) is 37.6 Å². The summed E-state index contributed by atoms with van der Waals surface area (Å²) in [5.41, 5.74) is 2.02. The summed E-state index contributed by atoms with van der Waals surface area (Å²) in [6.07, 6.45) is 0. The van der Waals surface area contributed by atoms with Gasteiger partial charge in [-0.25, -0.2) is 0 Å². The van der Waals surface area contributed by atoms with Crippen LogP contribution in [-0.4, -0.2) is 15.6 Å². The fourth-order valence-electron chi connectivity index (χ4n) is 1.70. The molecule has 2 rings (SSSR count). The van der Waals surface area contributed by atoms with Crippen LogP contribution in [0.15, 0.2) is 23.0 Å². The number of hydrogen-bond acceptors (Lipinski definition) is 4. The number of amides is 1. The summed E-state index contributed by atoms with van der Waals surface area (Å²) in [6, 6.07) is 4.70. The molecule has 2 N–H and O–H groups in total. The quantitative estimate of drug-likeness (QED) is 0.826. The highest BCUT2D eigenvalue weighted by Crippen LogP contribution is 2.21. The van der Waals surface area contributed by atoms with E-state index in [1.165, 1.54) is 10.6 Å². The molecule has 0 saturated heterocycles. The number of phenols is 1. The van der Waals surface area contributed by atoms with Crippen molar-refractivity contribution in [1.82, 2.24) is 4.57 Å². The largest absolute Gasteiger partial charge is 0.508 e. The van der Waals surface area contributed by atoms with E-state index in [1.54, 1.807) is 33.0 Å². The molecule has 1 aromatic heterocycles. The Balaban J connectivity index is 2.31. The molecule has 0 fully saturated rings. The Hall–Kier alpha value is -2.08. The minimum atomic E-state index is -0.311. The molecule has 1 heterocycles. The van der Waals surface area contributed by atoms with E-state index in [-0.39, 0.29) is 16.5 Å². The van der Waals surface area contributed by atoms with Crippen LogP contribution in [0.5, 0.6) is 5.75 Å².